The van der Waals surface area contributed by atoms with E-state index in [1.54, 1.807) is 12.1 Å². The largest absolute Gasteiger partial charge is 0.396 e. The zero-order valence-corrected chi connectivity index (χ0v) is 15.6. The van der Waals surface area contributed by atoms with Crippen LogP contribution in [0, 0.1) is 5.41 Å². The molecule has 0 aliphatic rings. The van der Waals surface area contributed by atoms with E-state index in [4.69, 9.17) is 5.11 Å². The maximum Gasteiger partial charge on any atom is 0.241 e. The van der Waals surface area contributed by atoms with Gasteiger partial charge in [-0.1, -0.05) is 36.7 Å². The van der Waals surface area contributed by atoms with Gasteiger partial charge in [-0.15, -0.1) is 0 Å². The molecule has 0 fully saturated rings. The van der Waals surface area contributed by atoms with Crippen molar-refractivity contribution in [3.63, 3.8) is 0 Å². The zero-order chi connectivity index (χ0) is 15.6. The van der Waals surface area contributed by atoms with Gasteiger partial charge in [-0.25, -0.2) is 13.1 Å². The van der Waals surface area contributed by atoms with Gasteiger partial charge in [0.25, 0.3) is 0 Å². The van der Waals surface area contributed by atoms with Crippen LogP contribution in [0.15, 0.2) is 32.0 Å². The first-order valence-electron chi connectivity index (χ1n) is 6.16. The molecule has 7 heteroatoms. The second-order valence-electron chi connectivity index (χ2n) is 5.63. The van der Waals surface area contributed by atoms with Gasteiger partial charge in [0.1, 0.15) is 0 Å². The predicted octanol–water partition coefficient (Wildman–Crippen LogP) is 3.29. The molecule has 0 aromatic heterocycles. The Balaban J connectivity index is 3.10. The molecule has 114 valence electrons. The van der Waals surface area contributed by atoms with Crippen molar-refractivity contribution < 1.29 is 13.5 Å². The van der Waals surface area contributed by atoms with Crippen LogP contribution in [0.1, 0.15) is 27.2 Å². The van der Waals surface area contributed by atoms with E-state index in [9.17, 15) is 8.42 Å². The quantitative estimate of drug-likeness (QED) is 0.756. The molecule has 0 saturated carbocycles. The number of benzene rings is 1. The van der Waals surface area contributed by atoms with Crippen LogP contribution in [0.5, 0.6) is 0 Å². The highest BCUT2D eigenvalue weighted by Crippen LogP contribution is 2.28. The molecule has 0 aliphatic carbocycles. The fourth-order valence-electron chi connectivity index (χ4n) is 1.74. The van der Waals surface area contributed by atoms with E-state index < -0.39 is 10.0 Å². The minimum atomic E-state index is -3.64. The number of halogens is 2. The Labute approximate surface area is 137 Å². The zero-order valence-electron chi connectivity index (χ0n) is 11.7. The third kappa shape index (κ3) is 4.80. The van der Waals surface area contributed by atoms with E-state index >= 15 is 0 Å². The van der Waals surface area contributed by atoms with Gasteiger partial charge < -0.3 is 5.11 Å². The highest BCUT2D eigenvalue weighted by atomic mass is 79.9. The molecule has 0 bridgehead atoms. The van der Waals surface area contributed by atoms with E-state index in [1.807, 2.05) is 20.8 Å². The Bertz CT molecular complexity index is 567. The fraction of sp³-hybridized carbons (Fsp3) is 0.538. The molecule has 2 N–H and O–H groups in total. The summed E-state index contributed by atoms with van der Waals surface area (Å²) in [5.41, 5.74) is -0.280. The maximum atomic E-state index is 12.5. The lowest BCUT2D eigenvalue weighted by Gasteiger charge is -2.31. The summed E-state index contributed by atoms with van der Waals surface area (Å²) in [6, 6.07) is 4.56. The van der Waals surface area contributed by atoms with Crippen LogP contribution in [-0.4, -0.2) is 26.2 Å². The lowest BCUT2D eigenvalue weighted by atomic mass is 9.86. The van der Waals surface area contributed by atoms with E-state index in [-0.39, 0.29) is 23.0 Å². The van der Waals surface area contributed by atoms with Crippen LogP contribution >= 0.6 is 31.9 Å². The molecule has 1 aromatic rings. The minimum absolute atomic E-state index is 0.0635. The lowest BCUT2D eigenvalue weighted by molar-refractivity contribution is 0.214. The predicted molar refractivity (Wildman–Crippen MR) is 87.1 cm³/mol. The average Bonchev–Trinajstić information content (AvgIpc) is 2.26. The van der Waals surface area contributed by atoms with Crippen LogP contribution in [0.2, 0.25) is 0 Å². The highest BCUT2D eigenvalue weighted by Gasteiger charge is 2.30. The summed E-state index contributed by atoms with van der Waals surface area (Å²) in [6.07, 6.45) is 0.372. The van der Waals surface area contributed by atoms with Crippen molar-refractivity contribution in [2.24, 2.45) is 5.41 Å². The van der Waals surface area contributed by atoms with Crippen LogP contribution in [-0.2, 0) is 10.0 Å². The van der Waals surface area contributed by atoms with Gasteiger partial charge in [0.2, 0.25) is 10.0 Å². The van der Waals surface area contributed by atoms with Crippen molar-refractivity contribution >= 4 is 41.9 Å². The van der Waals surface area contributed by atoms with Crippen molar-refractivity contribution in [3.05, 3.63) is 27.1 Å². The standard InChI is InChI=1S/C13H19Br2NO3S/c1-13(2,3)12(6-7-17)16-20(18,19)11-5-4-9(14)8-10(11)15/h4-5,8,12,16-17H,6-7H2,1-3H3. The Morgan fingerprint density at radius 1 is 1.30 bits per heavy atom. The van der Waals surface area contributed by atoms with Gasteiger partial charge in [-0.05, 0) is 46.0 Å². The summed E-state index contributed by atoms with van der Waals surface area (Å²) in [5.74, 6) is 0. The summed E-state index contributed by atoms with van der Waals surface area (Å²) in [4.78, 5) is 0.188. The number of sulfonamides is 1. The Kier molecular flexibility index (Phi) is 6.22. The summed E-state index contributed by atoms with van der Waals surface area (Å²) < 4.78 is 28.9. The van der Waals surface area contributed by atoms with Crippen molar-refractivity contribution in [3.8, 4) is 0 Å². The number of hydrogen-bond acceptors (Lipinski definition) is 3. The maximum absolute atomic E-state index is 12.5. The lowest BCUT2D eigenvalue weighted by Crippen LogP contribution is -2.44. The third-order valence-electron chi connectivity index (χ3n) is 2.94. The van der Waals surface area contributed by atoms with Gasteiger partial charge in [-0.3, -0.25) is 0 Å². The number of nitrogens with one attached hydrogen (secondary N) is 1. The van der Waals surface area contributed by atoms with Crippen LogP contribution in [0.3, 0.4) is 0 Å². The second kappa shape index (κ2) is 6.87. The number of hydrogen-bond donors (Lipinski definition) is 2. The van der Waals surface area contributed by atoms with Gasteiger partial charge in [0.15, 0.2) is 0 Å². The molecule has 4 nitrogen and oxygen atoms in total. The molecule has 0 heterocycles. The first-order valence-corrected chi connectivity index (χ1v) is 9.23. The second-order valence-corrected chi connectivity index (χ2v) is 9.08. The number of aliphatic hydroxyl groups excluding tert-OH is 1. The Morgan fingerprint density at radius 2 is 1.90 bits per heavy atom. The molecule has 0 aliphatic heterocycles. The minimum Gasteiger partial charge on any atom is -0.396 e. The molecule has 1 aromatic carbocycles. The normalized spacial score (nSPS) is 14.3. The third-order valence-corrected chi connectivity index (χ3v) is 5.89. The summed E-state index contributed by atoms with van der Waals surface area (Å²) >= 11 is 6.56. The monoisotopic (exact) mass is 427 g/mol. The van der Waals surface area contributed by atoms with Gasteiger partial charge in [-0.2, -0.15) is 0 Å². The smallest absolute Gasteiger partial charge is 0.241 e. The molecular formula is C13H19Br2NO3S. The summed E-state index contributed by atoms with van der Waals surface area (Å²) in [6.45, 7) is 5.75. The molecule has 0 spiro atoms. The average molecular weight is 429 g/mol. The highest BCUT2D eigenvalue weighted by molar-refractivity contribution is 9.11. The van der Waals surface area contributed by atoms with Crippen LogP contribution in [0.4, 0.5) is 0 Å². The van der Waals surface area contributed by atoms with E-state index in [0.29, 0.717) is 10.9 Å². The molecular weight excluding hydrogens is 410 g/mol. The molecule has 0 saturated heterocycles. The summed E-state index contributed by atoms with van der Waals surface area (Å²) in [7, 11) is -3.64. The van der Waals surface area contributed by atoms with Gasteiger partial charge in [0, 0.05) is 21.6 Å². The van der Waals surface area contributed by atoms with Crippen molar-refractivity contribution in [2.45, 2.75) is 38.1 Å². The topological polar surface area (TPSA) is 66.4 Å². The molecule has 1 atom stereocenters. The molecule has 1 unspecified atom stereocenters. The first kappa shape index (κ1) is 18.1. The van der Waals surface area contributed by atoms with E-state index in [1.165, 1.54) is 6.07 Å². The fourth-order valence-corrected chi connectivity index (χ4v) is 4.96. The van der Waals surface area contributed by atoms with E-state index in [0.717, 1.165) is 4.47 Å². The van der Waals surface area contributed by atoms with Gasteiger partial charge in [0.05, 0.1) is 4.90 Å². The van der Waals surface area contributed by atoms with Crippen molar-refractivity contribution in [1.29, 1.82) is 0 Å². The van der Waals surface area contributed by atoms with Crippen molar-refractivity contribution in [2.75, 3.05) is 6.61 Å². The number of aliphatic hydroxyl groups is 1. The number of rotatable bonds is 5. The molecule has 0 radical (unpaired) electrons. The molecule has 20 heavy (non-hydrogen) atoms. The van der Waals surface area contributed by atoms with Crippen molar-refractivity contribution in [1.82, 2.24) is 4.72 Å². The van der Waals surface area contributed by atoms with Crippen LogP contribution < -0.4 is 4.72 Å². The van der Waals surface area contributed by atoms with E-state index in [2.05, 4.69) is 36.6 Å². The summed E-state index contributed by atoms with van der Waals surface area (Å²) in [5, 5.41) is 9.11. The first-order chi connectivity index (χ1) is 9.08. The SMILES string of the molecule is CC(C)(C)C(CCO)NS(=O)(=O)c1ccc(Br)cc1Br. The Morgan fingerprint density at radius 3 is 2.35 bits per heavy atom. The molecule has 0 amide bonds. The van der Waals surface area contributed by atoms with Gasteiger partial charge >= 0.3 is 0 Å². The molecule has 1 rings (SSSR count). The Hall–Kier alpha value is 0.0500. The van der Waals surface area contributed by atoms with Crippen LogP contribution in [0.25, 0.3) is 0 Å².